The number of aliphatic hydroxyl groups excluding tert-OH is 2. The van der Waals surface area contributed by atoms with Gasteiger partial charge in [0.15, 0.2) is 11.6 Å². The molecule has 22 heteroatoms. The van der Waals surface area contributed by atoms with Gasteiger partial charge in [0.25, 0.3) is 11.7 Å². The van der Waals surface area contributed by atoms with Gasteiger partial charge in [-0.1, -0.05) is 45.9 Å². The number of allylic oxidation sites excluding steroid dienone is 4. The Bertz CT molecular complexity index is 3440. The molecule has 1 spiro atoms. The van der Waals surface area contributed by atoms with Gasteiger partial charge in [-0.25, -0.2) is 9.18 Å². The number of ketones is 2. The molecule has 11 rings (SSSR count). The fraction of sp³-hybridized carbons (Fsp3) is 0.525. The molecular formula is C61H73FN6O15. The Hall–Kier alpha value is -7.40. The minimum atomic E-state index is -2.06. The van der Waals surface area contributed by atoms with Crippen molar-refractivity contribution in [2.24, 2.45) is 34.6 Å². The second-order valence-corrected chi connectivity index (χ2v) is 23.7. The summed E-state index contributed by atoms with van der Waals surface area (Å²) in [5, 5.41) is 51.3. The van der Waals surface area contributed by atoms with E-state index in [9.17, 15) is 39.6 Å². The number of anilines is 1. The number of rotatable bonds is 8. The fourth-order valence-corrected chi connectivity index (χ4v) is 13.0. The molecule has 3 aromatic rings. The molecule has 2 aliphatic carbocycles. The molecule has 0 radical (unpaired) electrons. The molecule has 6 N–H and O–H groups in total. The van der Waals surface area contributed by atoms with Crippen molar-refractivity contribution < 1.29 is 72.5 Å². The van der Waals surface area contributed by atoms with E-state index >= 15 is 14.0 Å². The van der Waals surface area contributed by atoms with Gasteiger partial charge in [-0.15, -0.1) is 0 Å². The number of carbonyl (C=O) groups excluding carboxylic acids is 4. The van der Waals surface area contributed by atoms with Gasteiger partial charge in [-0.2, -0.15) is 0 Å². The lowest BCUT2D eigenvalue weighted by molar-refractivity contribution is -0.160. The predicted molar refractivity (Wildman–Crippen MR) is 302 cm³/mol. The van der Waals surface area contributed by atoms with Crippen LogP contribution in [-0.4, -0.2) is 148 Å². The largest absolute Gasteiger partial charge is 0.507 e. The number of hydrogen-bond donors (Lipinski definition) is 6. The van der Waals surface area contributed by atoms with Gasteiger partial charge in [-0.3, -0.25) is 29.0 Å². The van der Waals surface area contributed by atoms with Gasteiger partial charge in [0.05, 0.1) is 65.1 Å². The van der Waals surface area contributed by atoms with Crippen LogP contribution in [0.4, 0.5) is 10.1 Å². The molecule has 2 aromatic carbocycles. The number of methoxy groups -OCH3 is 2. The molecule has 1 saturated carbocycles. The zero-order valence-corrected chi connectivity index (χ0v) is 48.3. The number of aromatic carboxylic acids is 1. The van der Waals surface area contributed by atoms with Crippen molar-refractivity contribution in [2.75, 3.05) is 51.8 Å². The maximum absolute atomic E-state index is 16.3. The number of ether oxygens (including phenoxy) is 5. The van der Waals surface area contributed by atoms with Crippen LogP contribution in [0.1, 0.15) is 129 Å². The zero-order valence-electron chi connectivity index (χ0n) is 48.3. The molecule has 3 fully saturated rings. The van der Waals surface area contributed by atoms with Crippen molar-refractivity contribution >= 4 is 51.7 Å². The molecule has 444 valence electrons. The molecule has 8 aliphatic rings. The number of carbonyl (C=O) groups is 5. The van der Waals surface area contributed by atoms with E-state index in [1.54, 1.807) is 51.3 Å². The number of aliphatic imine (C=N–C) groups is 1. The number of aromatic nitrogens is 1. The number of nitrogens with one attached hydrogen (secondary N) is 2. The smallest absolute Gasteiger partial charge is 0.341 e. The van der Waals surface area contributed by atoms with Crippen LogP contribution in [0.3, 0.4) is 0 Å². The number of phenols is 1. The standard InChI is InChI=1S/C61H73FN6O15/c1-28-12-11-13-29(2)58(76)63-46-45-44(41-42(53(46)74)51(72)33(6)55-43(41)57(75)60(8,83-55)81-23-17-40(79-9)30(3)54(82-34(7)69)32(5)50(71)31(4)49(28)70)64-61(65-45)18-21-66(22-19-61)25-35-16-20-67(26-35)48-39(62)24-37-47(56(48)80-10)68(36-14-15-36)27-38(52(37)73)59(77)78/h11-13,17,23-24,27-28,30-32,35-36,40,49-50,54,65,70-72H,14-16,18-22,25-26H2,1-10H3,(H,63,76)(H,77,78)/b12-11+,23-17+,29-13-/t28-,30+,31+,32+,35?,40-,49-,50+,54+,60-/m0/s1. The van der Waals surface area contributed by atoms with Crippen molar-refractivity contribution in [3.8, 4) is 17.2 Å². The van der Waals surface area contributed by atoms with E-state index in [-0.39, 0.29) is 79.5 Å². The van der Waals surface area contributed by atoms with E-state index in [4.69, 9.17) is 28.7 Å². The first kappa shape index (κ1) is 58.8. The molecule has 83 heavy (non-hydrogen) atoms. The van der Waals surface area contributed by atoms with Crippen molar-refractivity contribution in [3.63, 3.8) is 0 Å². The first-order valence-corrected chi connectivity index (χ1v) is 28.4. The number of halogens is 1. The first-order valence-electron chi connectivity index (χ1n) is 28.4. The van der Waals surface area contributed by atoms with Crippen LogP contribution in [0.5, 0.6) is 17.2 Å². The zero-order chi connectivity index (χ0) is 59.9. The second-order valence-electron chi connectivity index (χ2n) is 23.7. The topological polar surface area (TPSA) is 277 Å². The van der Waals surface area contributed by atoms with Crippen LogP contribution in [-0.2, 0) is 23.8 Å². The number of hydrogen-bond acceptors (Lipinski definition) is 18. The molecule has 7 heterocycles. The van der Waals surface area contributed by atoms with E-state index in [0.29, 0.717) is 57.5 Å². The Balaban J connectivity index is 0.962. The van der Waals surface area contributed by atoms with Gasteiger partial charge in [0, 0.05) is 119 Å². The lowest BCUT2D eigenvalue weighted by Gasteiger charge is -2.38. The Morgan fingerprint density at radius 2 is 1.64 bits per heavy atom. The molecule has 1 amide bonds. The van der Waals surface area contributed by atoms with Crippen LogP contribution in [0.2, 0.25) is 0 Å². The summed E-state index contributed by atoms with van der Waals surface area (Å²) in [5.74, 6) is -9.71. The third kappa shape index (κ3) is 10.4. The number of carboxylic acid groups (broad SMARTS) is 1. The van der Waals surface area contributed by atoms with Gasteiger partial charge in [0.1, 0.15) is 40.2 Å². The lowest BCUT2D eigenvalue weighted by atomic mass is 9.78. The number of nitrogens with zero attached hydrogens (tertiary/aromatic N) is 4. The van der Waals surface area contributed by atoms with Crippen LogP contribution < -0.4 is 30.4 Å². The number of Topliss-reactive ketones (excluding diaryl/α,β-unsaturated/α-hetero) is 2. The number of fused-ring (bicyclic) bond motifs is 14. The number of phenolic OH excluding ortho intramolecular Hbond substituents is 1. The van der Waals surface area contributed by atoms with Gasteiger partial charge < -0.3 is 69.1 Å². The summed E-state index contributed by atoms with van der Waals surface area (Å²) in [6, 6.07) is 1.08. The normalized spacial score (nSPS) is 30.7. The molecule has 10 atom stereocenters. The predicted octanol–water partition coefficient (Wildman–Crippen LogP) is 5.98. The minimum Gasteiger partial charge on any atom is -0.507 e. The highest BCUT2D eigenvalue weighted by molar-refractivity contribution is 6.34. The molecule has 6 aliphatic heterocycles. The monoisotopic (exact) mass is 1150 g/mol. The van der Waals surface area contributed by atoms with E-state index in [2.05, 4.69) is 15.5 Å². The highest BCUT2D eigenvalue weighted by Gasteiger charge is 2.55. The summed E-state index contributed by atoms with van der Waals surface area (Å²) < 4.78 is 48.1. The van der Waals surface area contributed by atoms with E-state index in [1.807, 2.05) is 4.90 Å². The minimum absolute atomic E-state index is 0.0136. The van der Waals surface area contributed by atoms with Gasteiger partial charge >= 0.3 is 17.7 Å². The summed E-state index contributed by atoms with van der Waals surface area (Å²) in [6.45, 7) is 15.3. The number of likely N-dealkylation sites (tertiary alicyclic amines) is 1. The quantitative estimate of drug-likeness (QED) is 0.142. The average Bonchev–Trinajstić information content (AvgIpc) is 2.44. The Kier molecular flexibility index (Phi) is 15.8. The molecule has 21 nitrogen and oxygen atoms in total. The molecule has 1 unspecified atom stereocenters. The van der Waals surface area contributed by atoms with Gasteiger partial charge in [-0.05, 0) is 51.2 Å². The maximum atomic E-state index is 16.3. The number of esters is 1. The number of pyridine rings is 1. The molecule has 5 bridgehead atoms. The van der Waals surface area contributed by atoms with Crippen LogP contribution in [0.25, 0.3) is 10.9 Å². The van der Waals surface area contributed by atoms with Crippen LogP contribution in [0, 0.1) is 42.3 Å². The van der Waals surface area contributed by atoms with Crippen molar-refractivity contribution in [3.05, 3.63) is 104 Å². The van der Waals surface area contributed by atoms with Gasteiger partial charge in [0.2, 0.25) is 11.2 Å². The number of carboxylic acids is 1. The van der Waals surface area contributed by atoms with E-state index in [0.717, 1.165) is 18.9 Å². The average molecular weight is 1150 g/mol. The Morgan fingerprint density at radius 3 is 2.29 bits per heavy atom. The second kappa shape index (κ2) is 22.3. The Labute approximate surface area is 479 Å². The summed E-state index contributed by atoms with van der Waals surface area (Å²) in [4.78, 5) is 91.7. The molecular weight excluding hydrogens is 1080 g/mol. The fourth-order valence-electron chi connectivity index (χ4n) is 13.0. The van der Waals surface area contributed by atoms with Crippen molar-refractivity contribution in [1.82, 2.24) is 20.1 Å². The van der Waals surface area contributed by atoms with Crippen molar-refractivity contribution in [1.29, 1.82) is 0 Å². The number of benzene rings is 2. The molecule has 1 aromatic heterocycles. The maximum Gasteiger partial charge on any atom is 0.341 e. The van der Waals surface area contributed by atoms with Crippen molar-refractivity contribution in [2.45, 2.75) is 129 Å². The molecule has 2 saturated heterocycles. The first-order chi connectivity index (χ1) is 39.3. The summed E-state index contributed by atoms with van der Waals surface area (Å²) in [5.41, 5.74) is -1.62. The summed E-state index contributed by atoms with van der Waals surface area (Å²) in [6.07, 6.45) is 7.97. The summed E-state index contributed by atoms with van der Waals surface area (Å²) >= 11 is 0. The third-order valence-electron chi connectivity index (χ3n) is 18.0. The third-order valence-corrected chi connectivity index (χ3v) is 18.0. The lowest BCUT2D eigenvalue weighted by Crippen LogP contribution is -2.51. The SMILES string of the molecule is COc1c(N2CCC(CN3CCC4(CC3)N=C3C(=C5NC(=O)/C(C)=C\C=C\[C@H](C)[C@H](O)[C@@H](C)[C@@H](O)[C@@H](C)[C@H](OC(C)=O)[C@H](C)[C@@H](OC)/C=C/O[C@@]6(C)Oc7c(C)c(O)c(c3c7C6=O)C5=O)N4)C2)c(F)cc2c(=O)c(C(=O)O)cn(C3CC3)c12. The number of amides is 1. The highest BCUT2D eigenvalue weighted by Crippen LogP contribution is 2.51. The summed E-state index contributed by atoms with van der Waals surface area (Å²) in [7, 11) is 2.86. The number of aliphatic hydroxyl groups is 2. The highest BCUT2D eigenvalue weighted by atomic mass is 19.1. The van der Waals surface area contributed by atoms with E-state index < -0.39 is 112 Å². The Morgan fingerprint density at radius 1 is 0.928 bits per heavy atom. The number of aromatic hydroxyl groups is 1. The number of piperidine rings is 1. The van der Waals surface area contributed by atoms with Crippen LogP contribution >= 0.6 is 0 Å². The van der Waals surface area contributed by atoms with Crippen LogP contribution in [0.15, 0.2) is 69.6 Å². The van der Waals surface area contributed by atoms with E-state index in [1.165, 1.54) is 59.6 Å².